The molecule has 0 aliphatic heterocycles. The van der Waals surface area contributed by atoms with Crippen molar-refractivity contribution in [3.8, 4) is 0 Å². The Balaban J connectivity index is 0.00000180. The van der Waals surface area contributed by atoms with E-state index < -0.39 is 0 Å². The van der Waals surface area contributed by atoms with Gasteiger partial charge in [0.15, 0.2) is 5.78 Å². The molecule has 4 heteroatoms. The highest BCUT2D eigenvalue weighted by molar-refractivity contribution is 9.09. The number of alkyl halides is 1. The predicted molar refractivity (Wildman–Crippen MR) is 86.5 cm³/mol. The zero-order valence-corrected chi connectivity index (χ0v) is 14.1. The number of Topliss-reactive ketones (excluding diaryl/α,β-unsaturated/α-hetero) is 1. The average Bonchev–Trinajstić information content (AvgIpc) is 2.37. The van der Waals surface area contributed by atoms with E-state index in [0.717, 1.165) is 22.3 Å². The normalized spacial score (nSPS) is 11.5. The number of aryl methyl sites for hydroxylation is 2. The lowest BCUT2D eigenvalue weighted by molar-refractivity contribution is 0.0991. The molecule has 1 aromatic carbocycles. The highest BCUT2D eigenvalue weighted by Crippen LogP contribution is 2.27. The molecule has 0 aliphatic rings. The Morgan fingerprint density at radius 1 is 1.11 bits per heavy atom. The van der Waals surface area contributed by atoms with Crippen LogP contribution in [0.5, 0.6) is 0 Å². The number of hydrogen-bond acceptors (Lipinski definition) is 2. The van der Waals surface area contributed by atoms with Crippen molar-refractivity contribution in [2.45, 2.75) is 18.7 Å². The Kier molecular flexibility index (Phi) is 5.88. The molecule has 1 unspecified atom stereocenters. The fourth-order valence-electron chi connectivity index (χ4n) is 1.95. The van der Waals surface area contributed by atoms with Crippen LogP contribution in [0, 0.1) is 13.8 Å². The highest BCUT2D eigenvalue weighted by atomic mass is 79.9. The zero-order chi connectivity index (χ0) is 13.1. The van der Waals surface area contributed by atoms with Gasteiger partial charge in [-0.15, -0.1) is 17.0 Å². The van der Waals surface area contributed by atoms with E-state index >= 15 is 0 Å². The Hall–Kier alpha value is -1.00. The van der Waals surface area contributed by atoms with E-state index in [0.29, 0.717) is 0 Å². The van der Waals surface area contributed by atoms with Gasteiger partial charge in [0.05, 0.1) is 0 Å². The molecule has 0 bridgehead atoms. The number of ketones is 1. The van der Waals surface area contributed by atoms with Crippen LogP contribution in [0.1, 0.15) is 31.9 Å². The molecule has 100 valence electrons. The first-order chi connectivity index (χ1) is 8.58. The molecule has 2 aromatic rings. The lowest BCUT2D eigenvalue weighted by Gasteiger charge is -2.10. The summed E-state index contributed by atoms with van der Waals surface area (Å²) >= 11 is 3.46. The summed E-state index contributed by atoms with van der Waals surface area (Å²) < 4.78 is 0. The van der Waals surface area contributed by atoms with E-state index in [1.807, 2.05) is 38.1 Å². The van der Waals surface area contributed by atoms with E-state index in [1.54, 1.807) is 12.4 Å². The van der Waals surface area contributed by atoms with Crippen molar-refractivity contribution in [3.63, 3.8) is 0 Å². The number of nitrogens with zero attached hydrogens (tertiary/aromatic N) is 1. The minimum absolute atomic E-state index is 0. The number of carbonyl (C=O) groups excluding carboxylic acids is 1. The maximum atomic E-state index is 12.4. The van der Waals surface area contributed by atoms with Crippen molar-refractivity contribution in [1.29, 1.82) is 0 Å². The molecule has 1 aromatic heterocycles. The van der Waals surface area contributed by atoms with Crippen molar-refractivity contribution in [1.82, 2.24) is 4.98 Å². The van der Waals surface area contributed by atoms with Crippen molar-refractivity contribution in [2.75, 3.05) is 0 Å². The minimum Gasteiger partial charge on any atom is -0.293 e. The van der Waals surface area contributed by atoms with E-state index in [1.165, 1.54) is 0 Å². The molecule has 0 amide bonds. The fourth-order valence-corrected chi connectivity index (χ4v) is 2.52. The lowest BCUT2D eigenvalue weighted by Crippen LogP contribution is -2.07. The first-order valence-electron chi connectivity index (χ1n) is 5.74. The van der Waals surface area contributed by atoms with Crippen LogP contribution >= 0.6 is 32.9 Å². The molecule has 0 saturated carbocycles. The number of halogens is 2. The number of benzene rings is 1. The largest absolute Gasteiger partial charge is 0.293 e. The standard InChI is InChI=1S/C15H14BrNO.BrH/c1-10-7-11(2)9-13(8-10)15(18)14(16)12-3-5-17-6-4-12;/h3-9,14H,1-2H3;1H. The molecule has 0 fully saturated rings. The lowest BCUT2D eigenvalue weighted by atomic mass is 10.00. The molecule has 1 atom stereocenters. The SMILES string of the molecule is Br.Cc1cc(C)cc(C(=O)C(Br)c2ccncc2)c1. The summed E-state index contributed by atoms with van der Waals surface area (Å²) in [6.07, 6.45) is 3.39. The smallest absolute Gasteiger partial charge is 0.180 e. The number of aromatic nitrogens is 1. The van der Waals surface area contributed by atoms with Gasteiger partial charge in [0.1, 0.15) is 4.83 Å². The molecule has 0 saturated heterocycles. The summed E-state index contributed by atoms with van der Waals surface area (Å²) in [4.78, 5) is 16.0. The summed E-state index contributed by atoms with van der Waals surface area (Å²) in [5.74, 6) is 0.0769. The van der Waals surface area contributed by atoms with Gasteiger partial charge in [0, 0.05) is 18.0 Å². The third-order valence-corrected chi connectivity index (χ3v) is 3.68. The first-order valence-corrected chi connectivity index (χ1v) is 6.66. The van der Waals surface area contributed by atoms with Crippen molar-refractivity contribution < 1.29 is 4.79 Å². The van der Waals surface area contributed by atoms with Crippen LogP contribution in [0.3, 0.4) is 0 Å². The Morgan fingerprint density at radius 3 is 2.16 bits per heavy atom. The van der Waals surface area contributed by atoms with Crippen LogP contribution in [0.25, 0.3) is 0 Å². The monoisotopic (exact) mass is 383 g/mol. The van der Waals surface area contributed by atoms with Gasteiger partial charge in [-0.25, -0.2) is 0 Å². The second kappa shape index (κ2) is 6.96. The van der Waals surface area contributed by atoms with Gasteiger partial charge < -0.3 is 0 Å². The van der Waals surface area contributed by atoms with Crippen LogP contribution in [-0.2, 0) is 0 Å². The van der Waals surface area contributed by atoms with Crippen LogP contribution in [0.2, 0.25) is 0 Å². The maximum Gasteiger partial charge on any atom is 0.180 e. The van der Waals surface area contributed by atoms with Gasteiger partial charge in [0.2, 0.25) is 0 Å². The Morgan fingerprint density at radius 2 is 1.63 bits per heavy atom. The molecule has 0 radical (unpaired) electrons. The molecule has 0 N–H and O–H groups in total. The third-order valence-electron chi connectivity index (χ3n) is 2.74. The van der Waals surface area contributed by atoms with E-state index in [2.05, 4.69) is 27.0 Å². The van der Waals surface area contributed by atoms with E-state index in [4.69, 9.17) is 0 Å². The summed E-state index contributed by atoms with van der Waals surface area (Å²) in [6, 6.07) is 9.60. The van der Waals surface area contributed by atoms with Crippen LogP contribution in [0.4, 0.5) is 0 Å². The first kappa shape index (κ1) is 16.1. The predicted octanol–water partition coefficient (Wildman–Crippen LogP) is 4.60. The molecule has 1 heterocycles. The molecule has 2 rings (SSSR count). The van der Waals surface area contributed by atoms with Gasteiger partial charge in [-0.05, 0) is 43.7 Å². The Labute approximate surface area is 132 Å². The van der Waals surface area contributed by atoms with Crippen molar-refractivity contribution in [3.05, 3.63) is 65.0 Å². The average molecular weight is 385 g/mol. The quantitative estimate of drug-likeness (QED) is 0.571. The van der Waals surface area contributed by atoms with Gasteiger partial charge in [-0.2, -0.15) is 0 Å². The summed E-state index contributed by atoms with van der Waals surface area (Å²) in [6.45, 7) is 4.00. The summed E-state index contributed by atoms with van der Waals surface area (Å²) in [5, 5.41) is 0. The number of carbonyl (C=O) groups is 1. The van der Waals surface area contributed by atoms with E-state index in [-0.39, 0.29) is 27.6 Å². The number of pyridine rings is 1. The molecule has 19 heavy (non-hydrogen) atoms. The second-order valence-electron chi connectivity index (χ2n) is 4.38. The molecular formula is C15H15Br2NO. The van der Waals surface area contributed by atoms with Gasteiger partial charge >= 0.3 is 0 Å². The minimum atomic E-state index is -0.318. The second-order valence-corrected chi connectivity index (χ2v) is 5.30. The zero-order valence-electron chi connectivity index (χ0n) is 10.8. The summed E-state index contributed by atoms with van der Waals surface area (Å²) in [7, 11) is 0. The van der Waals surface area contributed by atoms with Gasteiger partial charge in [0.25, 0.3) is 0 Å². The van der Waals surface area contributed by atoms with Gasteiger partial charge in [-0.3, -0.25) is 9.78 Å². The van der Waals surface area contributed by atoms with E-state index in [9.17, 15) is 4.79 Å². The molecule has 0 aliphatic carbocycles. The molecular weight excluding hydrogens is 370 g/mol. The third kappa shape index (κ3) is 3.98. The number of rotatable bonds is 3. The fraction of sp³-hybridized carbons (Fsp3) is 0.200. The maximum absolute atomic E-state index is 12.4. The van der Waals surface area contributed by atoms with Crippen LogP contribution in [-0.4, -0.2) is 10.8 Å². The van der Waals surface area contributed by atoms with Crippen molar-refractivity contribution in [2.24, 2.45) is 0 Å². The Bertz CT molecular complexity index is 549. The molecule has 0 spiro atoms. The van der Waals surface area contributed by atoms with Crippen molar-refractivity contribution >= 4 is 38.7 Å². The van der Waals surface area contributed by atoms with Crippen LogP contribution in [0.15, 0.2) is 42.7 Å². The summed E-state index contributed by atoms with van der Waals surface area (Å²) in [5.41, 5.74) is 3.88. The highest BCUT2D eigenvalue weighted by Gasteiger charge is 2.19. The number of hydrogen-bond donors (Lipinski definition) is 0. The van der Waals surface area contributed by atoms with Crippen LogP contribution < -0.4 is 0 Å². The topological polar surface area (TPSA) is 30.0 Å². The molecule has 2 nitrogen and oxygen atoms in total. The van der Waals surface area contributed by atoms with Gasteiger partial charge in [-0.1, -0.05) is 33.1 Å².